The molecular weight excluding hydrogens is 328 g/mol. The lowest BCUT2D eigenvalue weighted by atomic mass is 10.1. The standard InChI is InChI=1S/C19H17F2NO3/c1-24-17-12-13(6-8-16(17)25-19(20)21)7-9-18(23)22-11-10-14-4-2-3-5-15(14)22/h2-9,12,19H,10-11H2,1H3. The van der Waals surface area contributed by atoms with Gasteiger partial charge in [0, 0.05) is 18.3 Å². The molecule has 0 fully saturated rings. The maximum atomic E-state index is 12.4. The van der Waals surface area contributed by atoms with E-state index in [-0.39, 0.29) is 17.4 Å². The molecular formula is C19H17F2NO3. The first-order valence-corrected chi connectivity index (χ1v) is 7.79. The first-order valence-electron chi connectivity index (χ1n) is 7.79. The highest BCUT2D eigenvalue weighted by molar-refractivity contribution is 6.05. The van der Waals surface area contributed by atoms with Gasteiger partial charge >= 0.3 is 6.61 Å². The second-order valence-electron chi connectivity index (χ2n) is 5.49. The van der Waals surface area contributed by atoms with Crippen molar-refractivity contribution in [3.63, 3.8) is 0 Å². The van der Waals surface area contributed by atoms with Crippen LogP contribution in [0.25, 0.3) is 6.08 Å². The van der Waals surface area contributed by atoms with E-state index in [2.05, 4.69) is 4.74 Å². The minimum atomic E-state index is -2.92. The molecule has 4 nitrogen and oxygen atoms in total. The van der Waals surface area contributed by atoms with Crippen molar-refractivity contribution in [1.82, 2.24) is 0 Å². The lowest BCUT2D eigenvalue weighted by molar-refractivity contribution is -0.114. The Morgan fingerprint density at radius 2 is 2.00 bits per heavy atom. The third-order valence-electron chi connectivity index (χ3n) is 3.98. The molecule has 3 rings (SSSR count). The predicted molar refractivity (Wildman–Crippen MR) is 91.2 cm³/mol. The number of alkyl halides is 2. The summed E-state index contributed by atoms with van der Waals surface area (Å²) in [5.41, 5.74) is 2.73. The number of benzene rings is 2. The van der Waals surface area contributed by atoms with Crippen molar-refractivity contribution in [2.45, 2.75) is 13.0 Å². The highest BCUT2D eigenvalue weighted by Crippen LogP contribution is 2.30. The number of rotatable bonds is 5. The number of fused-ring (bicyclic) bond motifs is 1. The molecule has 0 radical (unpaired) electrons. The first-order chi connectivity index (χ1) is 12.1. The summed E-state index contributed by atoms with van der Waals surface area (Å²) in [5, 5.41) is 0. The van der Waals surface area contributed by atoms with Crippen molar-refractivity contribution < 1.29 is 23.0 Å². The summed E-state index contributed by atoms with van der Waals surface area (Å²) in [4.78, 5) is 14.2. The second-order valence-corrected chi connectivity index (χ2v) is 5.49. The second kappa shape index (κ2) is 7.34. The third-order valence-corrected chi connectivity index (χ3v) is 3.98. The SMILES string of the molecule is COc1cc(C=CC(=O)N2CCc3ccccc32)ccc1OC(F)F. The maximum absolute atomic E-state index is 12.4. The van der Waals surface area contributed by atoms with E-state index >= 15 is 0 Å². The van der Waals surface area contributed by atoms with E-state index in [9.17, 15) is 13.6 Å². The molecule has 0 aliphatic carbocycles. The van der Waals surface area contributed by atoms with Crippen LogP contribution in [0.3, 0.4) is 0 Å². The van der Waals surface area contributed by atoms with Gasteiger partial charge in [0.2, 0.25) is 0 Å². The number of hydrogen-bond donors (Lipinski definition) is 0. The fraction of sp³-hybridized carbons (Fsp3) is 0.211. The van der Waals surface area contributed by atoms with Gasteiger partial charge in [0.05, 0.1) is 7.11 Å². The monoisotopic (exact) mass is 345 g/mol. The van der Waals surface area contributed by atoms with Gasteiger partial charge in [-0.25, -0.2) is 0 Å². The Morgan fingerprint density at radius 3 is 2.76 bits per heavy atom. The molecule has 25 heavy (non-hydrogen) atoms. The molecule has 130 valence electrons. The zero-order chi connectivity index (χ0) is 17.8. The van der Waals surface area contributed by atoms with E-state index in [0.29, 0.717) is 12.1 Å². The van der Waals surface area contributed by atoms with Crippen LogP contribution in [0.1, 0.15) is 11.1 Å². The van der Waals surface area contributed by atoms with Crippen molar-refractivity contribution in [3.05, 3.63) is 59.7 Å². The van der Waals surface area contributed by atoms with E-state index in [1.54, 1.807) is 23.1 Å². The molecule has 0 aromatic heterocycles. The average molecular weight is 345 g/mol. The number of halogens is 2. The van der Waals surface area contributed by atoms with Gasteiger partial charge in [-0.05, 0) is 41.8 Å². The highest BCUT2D eigenvalue weighted by atomic mass is 19.3. The number of carbonyl (C=O) groups is 1. The summed E-state index contributed by atoms with van der Waals surface area (Å²) in [7, 11) is 1.37. The fourth-order valence-corrected chi connectivity index (χ4v) is 2.81. The fourth-order valence-electron chi connectivity index (χ4n) is 2.81. The molecule has 6 heteroatoms. The molecule has 0 atom stereocenters. The Hall–Kier alpha value is -2.89. The Labute approximate surface area is 144 Å². The quantitative estimate of drug-likeness (QED) is 0.772. The molecule has 0 N–H and O–H groups in total. The summed E-state index contributed by atoms with van der Waals surface area (Å²) >= 11 is 0. The Morgan fingerprint density at radius 1 is 1.20 bits per heavy atom. The van der Waals surface area contributed by atoms with Crippen LogP contribution < -0.4 is 14.4 Å². The summed E-state index contributed by atoms with van der Waals surface area (Å²) in [6.07, 6.45) is 3.92. The van der Waals surface area contributed by atoms with Gasteiger partial charge in [-0.2, -0.15) is 8.78 Å². The molecule has 0 spiro atoms. The topological polar surface area (TPSA) is 38.8 Å². The molecule has 0 saturated heterocycles. The number of hydrogen-bond acceptors (Lipinski definition) is 3. The minimum Gasteiger partial charge on any atom is -0.493 e. The summed E-state index contributed by atoms with van der Waals surface area (Å²) in [5.74, 6) is 0.00712. The number of ether oxygens (including phenoxy) is 2. The van der Waals surface area contributed by atoms with E-state index in [1.807, 2.05) is 24.3 Å². The van der Waals surface area contributed by atoms with Crippen molar-refractivity contribution in [3.8, 4) is 11.5 Å². The van der Waals surface area contributed by atoms with E-state index in [1.165, 1.54) is 19.3 Å². The number of methoxy groups -OCH3 is 1. The van der Waals surface area contributed by atoms with E-state index < -0.39 is 6.61 Å². The lowest BCUT2D eigenvalue weighted by Crippen LogP contribution is -2.26. The van der Waals surface area contributed by atoms with Crippen molar-refractivity contribution in [1.29, 1.82) is 0 Å². The molecule has 1 aliphatic rings. The normalized spacial score (nSPS) is 13.4. The highest BCUT2D eigenvalue weighted by Gasteiger charge is 2.22. The van der Waals surface area contributed by atoms with Crippen molar-refractivity contribution in [2.75, 3.05) is 18.6 Å². The number of amides is 1. The van der Waals surface area contributed by atoms with Gasteiger partial charge in [-0.3, -0.25) is 4.79 Å². The van der Waals surface area contributed by atoms with Crippen LogP contribution >= 0.6 is 0 Å². The smallest absolute Gasteiger partial charge is 0.387 e. The molecule has 1 amide bonds. The number of nitrogens with zero attached hydrogens (tertiary/aromatic N) is 1. The van der Waals surface area contributed by atoms with Crippen LogP contribution in [0.4, 0.5) is 14.5 Å². The molecule has 0 unspecified atom stereocenters. The Kier molecular flexibility index (Phi) is 4.97. The molecule has 1 heterocycles. The van der Waals surface area contributed by atoms with E-state index in [0.717, 1.165) is 17.7 Å². The van der Waals surface area contributed by atoms with Gasteiger partial charge < -0.3 is 14.4 Å². The average Bonchev–Trinajstić information content (AvgIpc) is 3.04. The van der Waals surface area contributed by atoms with Crippen molar-refractivity contribution in [2.24, 2.45) is 0 Å². The predicted octanol–water partition coefficient (Wildman–Crippen LogP) is 3.90. The number of carbonyl (C=O) groups excluding carboxylic acids is 1. The molecule has 2 aromatic rings. The van der Waals surface area contributed by atoms with Gasteiger partial charge in [-0.15, -0.1) is 0 Å². The molecule has 0 saturated carbocycles. The molecule has 2 aromatic carbocycles. The molecule has 0 bridgehead atoms. The number of anilines is 1. The van der Waals surface area contributed by atoms with Gasteiger partial charge in [0.15, 0.2) is 11.5 Å². The third kappa shape index (κ3) is 3.79. The number of para-hydroxylation sites is 1. The van der Waals surface area contributed by atoms with Crippen LogP contribution in [-0.2, 0) is 11.2 Å². The van der Waals surface area contributed by atoms with Crippen LogP contribution in [0.5, 0.6) is 11.5 Å². The largest absolute Gasteiger partial charge is 0.493 e. The summed E-state index contributed by atoms with van der Waals surface area (Å²) in [6, 6.07) is 12.3. The Balaban J connectivity index is 1.75. The summed E-state index contributed by atoms with van der Waals surface area (Å²) < 4.78 is 34.1. The first kappa shape index (κ1) is 17.0. The molecule has 1 aliphatic heterocycles. The van der Waals surface area contributed by atoms with Crippen molar-refractivity contribution >= 4 is 17.7 Å². The lowest BCUT2D eigenvalue weighted by Gasteiger charge is -2.15. The van der Waals surface area contributed by atoms with Gasteiger partial charge in [0.25, 0.3) is 5.91 Å². The van der Waals surface area contributed by atoms with Crippen LogP contribution in [0.15, 0.2) is 48.5 Å². The van der Waals surface area contributed by atoms with E-state index in [4.69, 9.17) is 4.74 Å². The zero-order valence-corrected chi connectivity index (χ0v) is 13.6. The summed E-state index contributed by atoms with van der Waals surface area (Å²) in [6.45, 7) is -2.28. The maximum Gasteiger partial charge on any atom is 0.387 e. The Bertz CT molecular complexity index is 805. The van der Waals surface area contributed by atoms with Gasteiger partial charge in [0.1, 0.15) is 0 Å². The van der Waals surface area contributed by atoms with Crippen LogP contribution in [-0.4, -0.2) is 26.2 Å². The zero-order valence-electron chi connectivity index (χ0n) is 13.6. The van der Waals surface area contributed by atoms with Crippen LogP contribution in [0, 0.1) is 0 Å². The van der Waals surface area contributed by atoms with Crippen LogP contribution in [0.2, 0.25) is 0 Å². The van der Waals surface area contributed by atoms with Gasteiger partial charge in [-0.1, -0.05) is 24.3 Å². The minimum absolute atomic E-state index is 0.0468.